The summed E-state index contributed by atoms with van der Waals surface area (Å²) in [5.74, 6) is 0.612. The summed E-state index contributed by atoms with van der Waals surface area (Å²) in [6, 6.07) is 2.00. The lowest BCUT2D eigenvalue weighted by molar-refractivity contribution is 0.0342. The highest BCUT2D eigenvalue weighted by atomic mass is 16.5. The van der Waals surface area contributed by atoms with Crippen LogP contribution < -0.4 is 5.73 Å². The molecule has 0 aliphatic heterocycles. The van der Waals surface area contributed by atoms with E-state index < -0.39 is 5.54 Å². The second kappa shape index (κ2) is 5.21. The normalized spacial score (nSPS) is 17.9. The van der Waals surface area contributed by atoms with Gasteiger partial charge >= 0.3 is 0 Å². The first-order chi connectivity index (χ1) is 5.87. The maximum absolute atomic E-state index is 8.63. The number of hydrogen-bond donors (Lipinski definition) is 1. The Bertz CT molecular complexity index is 182. The van der Waals surface area contributed by atoms with Gasteiger partial charge in [-0.1, -0.05) is 13.8 Å². The predicted octanol–water partition coefficient (Wildman–Crippen LogP) is 1.68. The SMILES string of the molecule is CC(C)CC(C)OCC(C)(N)C#N. The molecule has 0 aromatic heterocycles. The van der Waals surface area contributed by atoms with Crippen LogP contribution in [0.3, 0.4) is 0 Å². The van der Waals surface area contributed by atoms with Crippen molar-refractivity contribution in [1.29, 1.82) is 5.26 Å². The Morgan fingerprint density at radius 1 is 1.46 bits per heavy atom. The van der Waals surface area contributed by atoms with Crippen LogP contribution in [0, 0.1) is 17.2 Å². The van der Waals surface area contributed by atoms with Gasteiger partial charge in [0, 0.05) is 0 Å². The van der Waals surface area contributed by atoms with Crippen molar-refractivity contribution in [3.8, 4) is 6.07 Å². The van der Waals surface area contributed by atoms with E-state index in [9.17, 15) is 0 Å². The third-order valence-corrected chi connectivity index (χ3v) is 1.73. The average Bonchev–Trinajstić information content (AvgIpc) is 2.00. The minimum atomic E-state index is -0.856. The first-order valence-corrected chi connectivity index (χ1v) is 4.69. The largest absolute Gasteiger partial charge is 0.375 e. The van der Waals surface area contributed by atoms with E-state index in [0.29, 0.717) is 12.5 Å². The van der Waals surface area contributed by atoms with Gasteiger partial charge in [0.2, 0.25) is 0 Å². The first kappa shape index (κ1) is 12.4. The van der Waals surface area contributed by atoms with Gasteiger partial charge in [0.25, 0.3) is 0 Å². The molecule has 13 heavy (non-hydrogen) atoms. The first-order valence-electron chi connectivity index (χ1n) is 4.69. The molecule has 0 aliphatic carbocycles. The van der Waals surface area contributed by atoms with Crippen molar-refractivity contribution in [1.82, 2.24) is 0 Å². The Balaban J connectivity index is 3.71. The maximum atomic E-state index is 8.63. The summed E-state index contributed by atoms with van der Waals surface area (Å²) in [5.41, 5.74) is 4.75. The lowest BCUT2D eigenvalue weighted by Gasteiger charge is -2.20. The van der Waals surface area contributed by atoms with Crippen LogP contribution in [0.4, 0.5) is 0 Å². The molecule has 0 amide bonds. The lowest BCUT2D eigenvalue weighted by atomic mass is 10.1. The number of nitrogens with two attached hydrogens (primary N) is 1. The molecular formula is C10H20N2O. The zero-order valence-electron chi connectivity index (χ0n) is 9.00. The third kappa shape index (κ3) is 6.56. The van der Waals surface area contributed by atoms with Crippen molar-refractivity contribution in [3.05, 3.63) is 0 Å². The number of nitrogens with zero attached hydrogens (tertiary/aromatic N) is 1. The zero-order valence-corrected chi connectivity index (χ0v) is 9.00. The summed E-state index contributed by atoms with van der Waals surface area (Å²) >= 11 is 0. The van der Waals surface area contributed by atoms with Crippen molar-refractivity contribution >= 4 is 0 Å². The van der Waals surface area contributed by atoms with Crippen molar-refractivity contribution < 1.29 is 4.74 Å². The minimum Gasteiger partial charge on any atom is -0.375 e. The van der Waals surface area contributed by atoms with Crippen molar-refractivity contribution in [2.24, 2.45) is 11.7 Å². The highest BCUT2D eigenvalue weighted by Gasteiger charge is 2.19. The molecule has 0 radical (unpaired) electrons. The molecule has 0 aliphatic rings. The fourth-order valence-electron chi connectivity index (χ4n) is 1.08. The van der Waals surface area contributed by atoms with Gasteiger partial charge < -0.3 is 10.5 Å². The van der Waals surface area contributed by atoms with Gasteiger partial charge in [-0.3, -0.25) is 0 Å². The van der Waals surface area contributed by atoms with Crippen LogP contribution >= 0.6 is 0 Å². The van der Waals surface area contributed by atoms with Crippen LogP contribution in [0.2, 0.25) is 0 Å². The Labute approximate surface area is 80.9 Å². The molecule has 3 nitrogen and oxygen atoms in total. The van der Waals surface area contributed by atoms with Gasteiger partial charge in [-0.15, -0.1) is 0 Å². The summed E-state index contributed by atoms with van der Waals surface area (Å²) in [4.78, 5) is 0. The number of hydrogen-bond acceptors (Lipinski definition) is 3. The molecule has 0 spiro atoms. The van der Waals surface area contributed by atoms with E-state index in [1.807, 2.05) is 13.0 Å². The standard InChI is InChI=1S/C10H20N2O/c1-8(2)5-9(3)13-7-10(4,12)6-11/h8-9H,5,7,12H2,1-4H3. The molecule has 0 fully saturated rings. The Hall–Kier alpha value is -0.590. The van der Waals surface area contributed by atoms with Crippen molar-refractivity contribution in [3.63, 3.8) is 0 Å². The van der Waals surface area contributed by atoms with Crippen LogP contribution in [0.25, 0.3) is 0 Å². The van der Waals surface area contributed by atoms with E-state index in [2.05, 4.69) is 13.8 Å². The molecule has 0 rings (SSSR count). The van der Waals surface area contributed by atoms with Crippen LogP contribution in [0.15, 0.2) is 0 Å². The van der Waals surface area contributed by atoms with Crippen LogP contribution in [0.5, 0.6) is 0 Å². The minimum absolute atomic E-state index is 0.177. The van der Waals surface area contributed by atoms with E-state index >= 15 is 0 Å². The molecule has 3 heteroatoms. The highest BCUT2D eigenvalue weighted by Crippen LogP contribution is 2.09. The molecule has 2 atom stereocenters. The van der Waals surface area contributed by atoms with Gasteiger partial charge in [0.1, 0.15) is 5.54 Å². The van der Waals surface area contributed by atoms with Gasteiger partial charge in [-0.2, -0.15) is 5.26 Å². The van der Waals surface area contributed by atoms with Gasteiger partial charge in [-0.25, -0.2) is 0 Å². The Morgan fingerprint density at radius 3 is 2.38 bits per heavy atom. The smallest absolute Gasteiger partial charge is 0.125 e. The topological polar surface area (TPSA) is 59.0 Å². The van der Waals surface area contributed by atoms with E-state index in [-0.39, 0.29) is 6.10 Å². The molecule has 2 N–H and O–H groups in total. The van der Waals surface area contributed by atoms with Gasteiger partial charge in [-0.05, 0) is 26.2 Å². The number of ether oxygens (including phenoxy) is 1. The predicted molar refractivity (Wildman–Crippen MR) is 53.1 cm³/mol. The highest BCUT2D eigenvalue weighted by molar-refractivity contribution is 5.00. The lowest BCUT2D eigenvalue weighted by Crippen LogP contribution is -2.40. The quantitative estimate of drug-likeness (QED) is 0.707. The summed E-state index contributed by atoms with van der Waals surface area (Å²) in [7, 11) is 0. The number of rotatable bonds is 5. The van der Waals surface area contributed by atoms with E-state index in [1.165, 1.54) is 0 Å². The van der Waals surface area contributed by atoms with Gasteiger partial charge in [0.15, 0.2) is 0 Å². The zero-order chi connectivity index (χ0) is 10.5. The monoisotopic (exact) mass is 184 g/mol. The second-order valence-corrected chi connectivity index (χ2v) is 4.28. The van der Waals surface area contributed by atoms with E-state index in [0.717, 1.165) is 6.42 Å². The van der Waals surface area contributed by atoms with Crippen LogP contribution in [-0.4, -0.2) is 18.2 Å². The van der Waals surface area contributed by atoms with Crippen LogP contribution in [-0.2, 0) is 4.74 Å². The summed E-state index contributed by atoms with van der Waals surface area (Å²) < 4.78 is 5.46. The van der Waals surface area contributed by atoms with Gasteiger partial charge in [0.05, 0.1) is 18.8 Å². The molecule has 0 aromatic carbocycles. The van der Waals surface area contributed by atoms with Crippen molar-refractivity contribution in [2.75, 3.05) is 6.61 Å². The molecule has 0 aromatic rings. The molecular weight excluding hydrogens is 164 g/mol. The summed E-state index contributed by atoms with van der Waals surface area (Å²) in [5, 5.41) is 8.63. The van der Waals surface area contributed by atoms with E-state index in [1.54, 1.807) is 6.92 Å². The molecule has 0 bridgehead atoms. The fraction of sp³-hybridized carbons (Fsp3) is 0.900. The second-order valence-electron chi connectivity index (χ2n) is 4.28. The van der Waals surface area contributed by atoms with E-state index in [4.69, 9.17) is 15.7 Å². The van der Waals surface area contributed by atoms with Crippen molar-refractivity contribution in [2.45, 2.75) is 45.8 Å². The third-order valence-electron chi connectivity index (χ3n) is 1.73. The fourth-order valence-corrected chi connectivity index (χ4v) is 1.08. The number of nitriles is 1. The van der Waals surface area contributed by atoms with Crippen LogP contribution in [0.1, 0.15) is 34.1 Å². The molecule has 0 heterocycles. The summed E-state index contributed by atoms with van der Waals surface area (Å²) in [6.45, 7) is 8.28. The Kier molecular flexibility index (Phi) is 4.97. The molecule has 0 saturated heterocycles. The molecule has 2 unspecified atom stereocenters. The molecule has 76 valence electrons. The molecule has 0 saturated carbocycles. The maximum Gasteiger partial charge on any atom is 0.125 e. The summed E-state index contributed by atoms with van der Waals surface area (Å²) in [6.07, 6.45) is 1.18. The Morgan fingerprint density at radius 2 is 2.00 bits per heavy atom. The average molecular weight is 184 g/mol.